The Labute approximate surface area is 199 Å². The average Bonchev–Trinajstić information content (AvgIpc) is 3.64. The van der Waals surface area contributed by atoms with Crippen LogP contribution in [-0.4, -0.2) is 63.2 Å². The Balaban J connectivity index is 1.08. The van der Waals surface area contributed by atoms with Gasteiger partial charge in [0.15, 0.2) is 5.69 Å². The van der Waals surface area contributed by atoms with Crippen molar-refractivity contribution in [1.82, 2.24) is 24.6 Å². The Morgan fingerprint density at radius 3 is 2.74 bits per heavy atom. The lowest BCUT2D eigenvalue weighted by Gasteiger charge is -2.37. The molecule has 3 aromatic rings. The first-order valence-corrected chi connectivity index (χ1v) is 12.2. The lowest BCUT2D eigenvalue weighted by atomic mass is 9.98. The molecule has 2 aliphatic carbocycles. The fourth-order valence-electron chi connectivity index (χ4n) is 6.04. The van der Waals surface area contributed by atoms with Crippen molar-refractivity contribution in [2.24, 2.45) is 0 Å². The van der Waals surface area contributed by atoms with Gasteiger partial charge in [0.25, 0.3) is 0 Å². The van der Waals surface area contributed by atoms with E-state index in [1.165, 1.54) is 28.6 Å². The van der Waals surface area contributed by atoms with Crippen LogP contribution in [0.2, 0.25) is 0 Å². The zero-order chi connectivity index (χ0) is 23.1. The topological polar surface area (TPSA) is 58.6 Å². The standard InChI is InChI=1S/C27H28N6O/c1-28-26-4-2-3-22-20(6-8-24(22)26)16-31-11-13-32(14-12-31)27(34)25-9-5-19-15-21(7-10-23(19)25)33-18-29-17-30-33/h2-4,7,10,15,17-18,20,25H,5-6,8-9,11-14,16H2. The molecule has 1 fully saturated rings. The molecule has 7 nitrogen and oxygen atoms in total. The van der Waals surface area contributed by atoms with Crippen molar-refractivity contribution >= 4 is 11.6 Å². The van der Waals surface area contributed by atoms with Gasteiger partial charge in [0, 0.05) is 32.7 Å². The van der Waals surface area contributed by atoms with E-state index in [9.17, 15) is 4.79 Å². The van der Waals surface area contributed by atoms with Crippen LogP contribution in [0.1, 0.15) is 46.9 Å². The van der Waals surface area contributed by atoms with Gasteiger partial charge in [-0.2, -0.15) is 5.10 Å². The Bertz CT molecular complexity index is 1250. The molecule has 0 radical (unpaired) electrons. The maximum Gasteiger partial charge on any atom is 0.230 e. The molecule has 6 rings (SSSR count). The van der Waals surface area contributed by atoms with Crippen LogP contribution in [0.25, 0.3) is 10.5 Å². The molecule has 2 atom stereocenters. The highest BCUT2D eigenvalue weighted by Gasteiger charge is 2.34. The summed E-state index contributed by atoms with van der Waals surface area (Å²) in [5.41, 5.74) is 6.86. The van der Waals surface area contributed by atoms with Crippen LogP contribution in [0.5, 0.6) is 0 Å². The van der Waals surface area contributed by atoms with E-state index in [4.69, 9.17) is 6.57 Å². The molecule has 1 saturated heterocycles. The van der Waals surface area contributed by atoms with Crippen molar-refractivity contribution in [2.45, 2.75) is 37.5 Å². The molecule has 172 valence electrons. The summed E-state index contributed by atoms with van der Waals surface area (Å²) in [6.45, 7) is 11.9. The molecule has 0 N–H and O–H groups in total. The van der Waals surface area contributed by atoms with Gasteiger partial charge in [-0.3, -0.25) is 9.69 Å². The predicted octanol–water partition coefficient (Wildman–Crippen LogP) is 3.72. The molecule has 1 amide bonds. The Morgan fingerprint density at radius 1 is 1.06 bits per heavy atom. The molecule has 7 heteroatoms. The number of fused-ring (bicyclic) bond motifs is 2. The minimum Gasteiger partial charge on any atom is -0.340 e. The number of aryl methyl sites for hydroxylation is 1. The first-order valence-electron chi connectivity index (χ1n) is 12.2. The van der Waals surface area contributed by atoms with E-state index in [-0.39, 0.29) is 11.8 Å². The van der Waals surface area contributed by atoms with Gasteiger partial charge in [0.1, 0.15) is 12.7 Å². The second kappa shape index (κ2) is 8.69. The summed E-state index contributed by atoms with van der Waals surface area (Å²) >= 11 is 0. The average molecular weight is 453 g/mol. The molecular weight excluding hydrogens is 424 g/mol. The van der Waals surface area contributed by atoms with Gasteiger partial charge in [-0.25, -0.2) is 14.5 Å². The molecule has 2 aromatic carbocycles. The molecule has 0 spiro atoms. The molecule has 34 heavy (non-hydrogen) atoms. The molecule has 2 unspecified atom stereocenters. The maximum atomic E-state index is 13.4. The van der Waals surface area contributed by atoms with E-state index in [2.05, 4.69) is 42.9 Å². The van der Waals surface area contributed by atoms with E-state index in [0.717, 1.165) is 69.8 Å². The predicted molar refractivity (Wildman–Crippen MR) is 129 cm³/mol. The molecule has 2 heterocycles. The van der Waals surface area contributed by atoms with E-state index < -0.39 is 0 Å². The SMILES string of the molecule is [C-]#[N+]c1cccc2c1CCC2CN1CCN(C(=O)C2CCc3cc(-n4cncn4)ccc32)CC1. The third-order valence-corrected chi connectivity index (χ3v) is 7.84. The van der Waals surface area contributed by atoms with E-state index >= 15 is 0 Å². The first-order chi connectivity index (χ1) is 16.7. The van der Waals surface area contributed by atoms with Crippen molar-refractivity contribution in [3.63, 3.8) is 0 Å². The van der Waals surface area contributed by atoms with E-state index in [1.807, 2.05) is 18.2 Å². The monoisotopic (exact) mass is 452 g/mol. The summed E-state index contributed by atoms with van der Waals surface area (Å²) in [6.07, 6.45) is 7.19. The van der Waals surface area contributed by atoms with Gasteiger partial charge in [0.2, 0.25) is 5.91 Å². The normalized spacial score (nSPS) is 21.8. The van der Waals surface area contributed by atoms with Crippen LogP contribution in [0.4, 0.5) is 5.69 Å². The lowest BCUT2D eigenvalue weighted by molar-refractivity contribution is -0.134. The number of rotatable bonds is 4. The third-order valence-electron chi connectivity index (χ3n) is 7.84. The summed E-state index contributed by atoms with van der Waals surface area (Å²) in [7, 11) is 0. The number of carbonyl (C=O) groups excluding carboxylic acids is 1. The highest BCUT2D eigenvalue weighted by molar-refractivity contribution is 5.85. The highest BCUT2D eigenvalue weighted by Crippen LogP contribution is 2.39. The van der Waals surface area contributed by atoms with Gasteiger partial charge in [-0.1, -0.05) is 29.8 Å². The van der Waals surface area contributed by atoms with Crippen LogP contribution in [-0.2, 0) is 17.6 Å². The van der Waals surface area contributed by atoms with Crippen LogP contribution < -0.4 is 0 Å². The number of aromatic nitrogens is 3. The van der Waals surface area contributed by atoms with Crippen LogP contribution in [0.15, 0.2) is 49.1 Å². The van der Waals surface area contributed by atoms with Gasteiger partial charge in [-0.15, -0.1) is 0 Å². The van der Waals surface area contributed by atoms with E-state index in [1.54, 1.807) is 11.0 Å². The zero-order valence-electron chi connectivity index (χ0n) is 19.2. The first kappa shape index (κ1) is 21.1. The largest absolute Gasteiger partial charge is 0.340 e. The number of piperazine rings is 1. The molecule has 0 bridgehead atoms. The Kier molecular flexibility index (Phi) is 5.39. The number of nitrogens with zero attached hydrogens (tertiary/aromatic N) is 6. The second-order valence-electron chi connectivity index (χ2n) is 9.63. The van der Waals surface area contributed by atoms with Crippen molar-refractivity contribution in [3.8, 4) is 5.69 Å². The van der Waals surface area contributed by atoms with Crippen molar-refractivity contribution in [3.05, 3.63) is 82.7 Å². The van der Waals surface area contributed by atoms with Crippen LogP contribution in [0.3, 0.4) is 0 Å². The van der Waals surface area contributed by atoms with Gasteiger partial charge in [-0.05, 0) is 60.4 Å². The van der Waals surface area contributed by atoms with E-state index in [0.29, 0.717) is 5.92 Å². The fourth-order valence-corrected chi connectivity index (χ4v) is 6.04. The van der Waals surface area contributed by atoms with Gasteiger partial charge < -0.3 is 4.90 Å². The second-order valence-corrected chi connectivity index (χ2v) is 9.63. The summed E-state index contributed by atoms with van der Waals surface area (Å²) < 4.78 is 1.76. The highest BCUT2D eigenvalue weighted by atomic mass is 16.2. The minimum atomic E-state index is -0.0277. The van der Waals surface area contributed by atoms with Gasteiger partial charge in [0.05, 0.1) is 18.2 Å². The van der Waals surface area contributed by atoms with Crippen LogP contribution in [0, 0.1) is 6.57 Å². The summed E-state index contributed by atoms with van der Waals surface area (Å²) in [5, 5.41) is 4.22. The van der Waals surface area contributed by atoms with Crippen molar-refractivity contribution < 1.29 is 4.79 Å². The quantitative estimate of drug-likeness (QED) is 0.566. The number of carbonyl (C=O) groups is 1. The molecular formula is C27H28N6O. The smallest absolute Gasteiger partial charge is 0.230 e. The number of hydrogen-bond donors (Lipinski definition) is 0. The molecule has 1 aliphatic heterocycles. The fraction of sp³-hybridized carbons (Fsp3) is 0.407. The summed E-state index contributed by atoms with van der Waals surface area (Å²) in [5.74, 6) is 0.750. The van der Waals surface area contributed by atoms with Crippen LogP contribution >= 0.6 is 0 Å². The number of amides is 1. The zero-order valence-corrected chi connectivity index (χ0v) is 19.2. The lowest BCUT2D eigenvalue weighted by Crippen LogP contribution is -2.50. The summed E-state index contributed by atoms with van der Waals surface area (Å²) in [6, 6.07) is 12.5. The Hall–Kier alpha value is -3.50. The number of hydrogen-bond acceptors (Lipinski definition) is 4. The van der Waals surface area contributed by atoms with Gasteiger partial charge >= 0.3 is 0 Å². The van der Waals surface area contributed by atoms with Crippen molar-refractivity contribution in [1.29, 1.82) is 0 Å². The maximum absolute atomic E-state index is 13.4. The third kappa shape index (κ3) is 3.68. The van der Waals surface area contributed by atoms with Crippen molar-refractivity contribution in [2.75, 3.05) is 32.7 Å². The summed E-state index contributed by atoms with van der Waals surface area (Å²) in [4.78, 5) is 25.7. The molecule has 3 aliphatic rings. The molecule has 1 aromatic heterocycles. The Morgan fingerprint density at radius 2 is 1.94 bits per heavy atom. The minimum absolute atomic E-state index is 0.0277. The molecule has 0 saturated carbocycles. The number of benzene rings is 2.